The highest BCUT2D eigenvalue weighted by Gasteiger charge is 2.18. The fourth-order valence-corrected chi connectivity index (χ4v) is 1.87. The number of nitrogens with zero attached hydrogens (tertiary/aromatic N) is 1. The molecule has 3 heteroatoms. The largest absolute Gasteiger partial charge is 0.339 e. The Morgan fingerprint density at radius 2 is 1.76 bits per heavy atom. The van der Waals surface area contributed by atoms with Gasteiger partial charge in [0.2, 0.25) is 5.91 Å². The first-order valence-corrected chi connectivity index (χ1v) is 6.07. The van der Waals surface area contributed by atoms with Gasteiger partial charge in [0.25, 0.3) is 0 Å². The Hall–Kier alpha value is -1.38. The first kappa shape index (κ1) is 13.7. The summed E-state index contributed by atoms with van der Waals surface area (Å²) >= 11 is 0. The second-order valence-electron chi connectivity index (χ2n) is 4.34. The average molecular weight is 237 g/mol. The van der Waals surface area contributed by atoms with Crippen LogP contribution >= 0.6 is 0 Å². The van der Waals surface area contributed by atoms with Crippen molar-refractivity contribution in [3.8, 4) is 0 Å². The van der Waals surface area contributed by atoms with Gasteiger partial charge in [0, 0.05) is 18.7 Å². The summed E-state index contributed by atoms with van der Waals surface area (Å²) in [5, 5.41) is 0. The van der Waals surface area contributed by atoms with Gasteiger partial charge >= 0.3 is 0 Å². The lowest BCUT2D eigenvalue weighted by Gasteiger charge is -2.27. The summed E-state index contributed by atoms with van der Waals surface area (Å²) < 4.78 is 11.8. The molecule has 0 aromatic rings. The number of rotatable bonds is 3. The van der Waals surface area contributed by atoms with Gasteiger partial charge in [-0.1, -0.05) is 12.2 Å². The smallest absolute Gasteiger partial charge is 0.249 e. The van der Waals surface area contributed by atoms with Crippen molar-refractivity contribution in [1.29, 1.82) is 0 Å². The summed E-state index contributed by atoms with van der Waals surface area (Å²) in [5.41, 5.74) is 1.63. The first-order valence-electron chi connectivity index (χ1n) is 6.07. The van der Waals surface area contributed by atoms with E-state index in [4.69, 9.17) is 0 Å². The Kier molecular flexibility index (Phi) is 5.67. The predicted octanol–water partition coefficient (Wildman–Crippen LogP) is 3.37. The molecule has 0 aromatic heterocycles. The SMILES string of the molecule is CC(/C=C\C=C\F)=C(/C)C(=O)N1CCCCC1. The van der Waals surface area contributed by atoms with Gasteiger partial charge in [-0.2, -0.15) is 0 Å². The van der Waals surface area contributed by atoms with Gasteiger partial charge in [-0.3, -0.25) is 4.79 Å². The molecule has 0 unspecified atom stereocenters. The van der Waals surface area contributed by atoms with Crippen molar-refractivity contribution >= 4 is 5.91 Å². The molecular weight excluding hydrogens is 217 g/mol. The van der Waals surface area contributed by atoms with Crippen LogP contribution in [0.1, 0.15) is 33.1 Å². The summed E-state index contributed by atoms with van der Waals surface area (Å²) in [6, 6.07) is 0. The van der Waals surface area contributed by atoms with Crippen molar-refractivity contribution < 1.29 is 9.18 Å². The molecule has 2 nitrogen and oxygen atoms in total. The minimum atomic E-state index is 0.107. The summed E-state index contributed by atoms with van der Waals surface area (Å²) in [7, 11) is 0. The molecule has 0 radical (unpaired) electrons. The minimum Gasteiger partial charge on any atom is -0.339 e. The van der Waals surface area contributed by atoms with Crippen LogP contribution < -0.4 is 0 Å². The lowest BCUT2D eigenvalue weighted by atomic mass is 10.1. The highest BCUT2D eigenvalue weighted by molar-refractivity contribution is 5.94. The van der Waals surface area contributed by atoms with Crippen LogP contribution in [-0.2, 0) is 4.79 Å². The van der Waals surface area contributed by atoms with Gasteiger partial charge in [-0.15, -0.1) is 0 Å². The quantitative estimate of drug-likeness (QED) is 0.544. The highest BCUT2D eigenvalue weighted by Crippen LogP contribution is 2.14. The van der Waals surface area contributed by atoms with Crippen LogP contribution in [0.25, 0.3) is 0 Å². The van der Waals surface area contributed by atoms with Gasteiger partial charge in [0.1, 0.15) is 0 Å². The van der Waals surface area contributed by atoms with E-state index in [2.05, 4.69) is 0 Å². The molecule has 1 rings (SSSR count). The summed E-state index contributed by atoms with van der Waals surface area (Å²) in [6.07, 6.45) is 8.55. The van der Waals surface area contributed by atoms with E-state index < -0.39 is 0 Å². The van der Waals surface area contributed by atoms with Crippen molar-refractivity contribution in [2.24, 2.45) is 0 Å². The molecule has 1 fully saturated rings. The predicted molar refractivity (Wildman–Crippen MR) is 68.2 cm³/mol. The molecule has 17 heavy (non-hydrogen) atoms. The van der Waals surface area contributed by atoms with Crippen molar-refractivity contribution in [3.63, 3.8) is 0 Å². The molecule has 1 saturated heterocycles. The third kappa shape index (κ3) is 4.17. The third-order valence-corrected chi connectivity index (χ3v) is 3.09. The van der Waals surface area contributed by atoms with E-state index >= 15 is 0 Å². The molecule has 0 atom stereocenters. The molecule has 0 N–H and O–H groups in total. The van der Waals surface area contributed by atoms with Crippen LogP contribution in [0.3, 0.4) is 0 Å². The maximum absolute atomic E-state index is 12.1. The molecule has 0 saturated carbocycles. The van der Waals surface area contributed by atoms with Crippen molar-refractivity contribution in [1.82, 2.24) is 4.90 Å². The van der Waals surface area contributed by atoms with E-state index in [1.54, 1.807) is 12.2 Å². The monoisotopic (exact) mass is 237 g/mol. The Morgan fingerprint density at radius 3 is 2.35 bits per heavy atom. The zero-order valence-electron chi connectivity index (χ0n) is 10.6. The molecule has 0 bridgehead atoms. The third-order valence-electron chi connectivity index (χ3n) is 3.09. The first-order chi connectivity index (χ1) is 8.16. The molecule has 1 aliphatic heterocycles. The van der Waals surface area contributed by atoms with Crippen molar-refractivity contribution in [2.75, 3.05) is 13.1 Å². The lowest BCUT2D eigenvalue weighted by Crippen LogP contribution is -2.36. The standard InChI is InChI=1S/C14H20FNO/c1-12(8-4-5-9-15)13(2)14(17)16-10-6-3-7-11-16/h4-5,8-9H,3,6-7,10-11H2,1-2H3/b8-4-,9-5+,13-12+. The molecule has 1 aliphatic rings. The highest BCUT2D eigenvalue weighted by atomic mass is 19.1. The molecule has 94 valence electrons. The molecule has 1 heterocycles. The Morgan fingerprint density at radius 1 is 1.12 bits per heavy atom. The number of carbonyl (C=O) groups excluding carboxylic acids is 1. The summed E-state index contributed by atoms with van der Waals surface area (Å²) in [5.74, 6) is 0.107. The van der Waals surface area contributed by atoms with Gasteiger partial charge in [-0.25, -0.2) is 4.39 Å². The maximum Gasteiger partial charge on any atom is 0.249 e. The van der Waals surface area contributed by atoms with Crippen LogP contribution in [-0.4, -0.2) is 23.9 Å². The fourth-order valence-electron chi connectivity index (χ4n) is 1.87. The van der Waals surface area contributed by atoms with Gasteiger partial charge in [0.15, 0.2) is 0 Å². The zero-order chi connectivity index (χ0) is 12.7. The molecule has 0 spiro atoms. The number of piperidine rings is 1. The van der Waals surface area contributed by atoms with Crippen LogP contribution in [0.2, 0.25) is 0 Å². The van der Waals surface area contributed by atoms with E-state index in [-0.39, 0.29) is 5.91 Å². The van der Waals surface area contributed by atoms with E-state index in [0.717, 1.165) is 37.1 Å². The van der Waals surface area contributed by atoms with Gasteiger partial charge < -0.3 is 4.90 Å². The number of allylic oxidation sites excluding steroid dienone is 4. The number of carbonyl (C=O) groups is 1. The maximum atomic E-state index is 12.1. The number of halogens is 1. The van der Waals surface area contributed by atoms with Crippen LogP contribution in [0, 0.1) is 0 Å². The van der Waals surface area contributed by atoms with Crippen LogP contribution in [0.15, 0.2) is 35.7 Å². The number of amides is 1. The second kappa shape index (κ2) is 7.05. The fraction of sp³-hybridized carbons (Fsp3) is 0.500. The average Bonchev–Trinajstić information content (AvgIpc) is 2.38. The normalized spacial score (nSPS) is 18.9. The zero-order valence-corrected chi connectivity index (χ0v) is 10.6. The number of hydrogen-bond acceptors (Lipinski definition) is 1. The molecular formula is C14H20FNO. The van der Waals surface area contributed by atoms with Crippen LogP contribution in [0.4, 0.5) is 4.39 Å². The second-order valence-corrected chi connectivity index (χ2v) is 4.34. The van der Waals surface area contributed by atoms with E-state index in [0.29, 0.717) is 6.33 Å². The minimum absolute atomic E-state index is 0.107. The molecule has 0 aromatic carbocycles. The molecule has 1 amide bonds. The lowest BCUT2D eigenvalue weighted by molar-refractivity contribution is -0.127. The molecule has 0 aliphatic carbocycles. The van der Waals surface area contributed by atoms with E-state index in [1.165, 1.54) is 12.5 Å². The van der Waals surface area contributed by atoms with Crippen molar-refractivity contribution in [2.45, 2.75) is 33.1 Å². The summed E-state index contributed by atoms with van der Waals surface area (Å²) in [4.78, 5) is 14.0. The number of hydrogen-bond donors (Lipinski definition) is 0. The van der Waals surface area contributed by atoms with Crippen LogP contribution in [0.5, 0.6) is 0 Å². The summed E-state index contributed by atoms with van der Waals surface area (Å²) in [6.45, 7) is 5.42. The van der Waals surface area contributed by atoms with Crippen molar-refractivity contribution in [3.05, 3.63) is 35.7 Å². The van der Waals surface area contributed by atoms with Gasteiger partial charge in [0.05, 0.1) is 6.33 Å². The Balaban J connectivity index is 2.68. The Bertz CT molecular complexity index is 349. The van der Waals surface area contributed by atoms with Gasteiger partial charge in [-0.05, 0) is 44.8 Å². The number of likely N-dealkylation sites (tertiary alicyclic amines) is 1. The Labute approximate surface area is 102 Å². The topological polar surface area (TPSA) is 20.3 Å². The van der Waals surface area contributed by atoms with E-state index in [1.807, 2.05) is 18.7 Å². The van der Waals surface area contributed by atoms with E-state index in [9.17, 15) is 9.18 Å².